The largest absolute Gasteiger partial charge is 0.493 e. The maximum atomic E-state index is 15.2. The average Bonchev–Trinajstić information content (AvgIpc) is 3.92. The second-order valence-electron chi connectivity index (χ2n) is 16.5. The van der Waals surface area contributed by atoms with Crippen molar-refractivity contribution in [2.75, 3.05) is 19.7 Å². The van der Waals surface area contributed by atoms with Gasteiger partial charge in [0.15, 0.2) is 17.4 Å². The molecule has 3 amide bonds. The normalized spacial score (nSPS) is 22.0. The molecule has 9 nitrogen and oxygen atoms in total. The van der Waals surface area contributed by atoms with Crippen molar-refractivity contribution in [2.24, 2.45) is 5.92 Å². The number of likely N-dealkylation sites (tertiary alicyclic amines) is 2. The van der Waals surface area contributed by atoms with Crippen LogP contribution in [0.1, 0.15) is 110 Å². The molecule has 0 aromatic heterocycles. The first-order valence-electron chi connectivity index (χ1n) is 21.5. The minimum absolute atomic E-state index is 0.0947. The van der Waals surface area contributed by atoms with Crippen LogP contribution < -0.4 is 19.5 Å². The van der Waals surface area contributed by atoms with Crippen molar-refractivity contribution in [1.29, 1.82) is 0 Å². The third kappa shape index (κ3) is 9.27. The fourth-order valence-electron chi connectivity index (χ4n) is 9.15. The summed E-state index contributed by atoms with van der Waals surface area (Å²) in [6.45, 7) is 0.338. The van der Waals surface area contributed by atoms with Crippen LogP contribution in [0.15, 0.2) is 84.9 Å². The standard InChI is InChI=1S/C48H52F3N3O6/c49-34-26-41(54(28-34)47(56)33-24-38(50)45(39(51)25-33)59-30-32-16-9-6-10-17-32)48(57)53-23-13-19-40(53)46(55)52-44-36-18-11-12-20-42(36)60-43-27-35(21-22-37(43)44)58-29-31-14-7-4-2-1-3-5-8-15-31/h6,9-12,16-18,20-22,24-25,27,31,34,40-41,44H,1-5,7-8,13-15,19,23,26,28-30H2,(H,52,55). The number of nitrogens with one attached hydrogen (secondary N) is 1. The lowest BCUT2D eigenvalue weighted by Gasteiger charge is -2.33. The minimum atomic E-state index is -1.55. The Bertz CT molecular complexity index is 2140. The zero-order valence-electron chi connectivity index (χ0n) is 33.8. The van der Waals surface area contributed by atoms with E-state index in [1.165, 1.54) is 49.8 Å². The molecule has 4 aliphatic rings. The van der Waals surface area contributed by atoms with E-state index in [1.807, 2.05) is 42.5 Å². The monoisotopic (exact) mass is 823 g/mol. The van der Waals surface area contributed by atoms with Crippen LogP contribution in [-0.4, -0.2) is 65.5 Å². The molecule has 12 heteroatoms. The average molecular weight is 824 g/mol. The Morgan fingerprint density at radius 2 is 1.40 bits per heavy atom. The van der Waals surface area contributed by atoms with Gasteiger partial charge < -0.3 is 29.3 Å². The third-order valence-electron chi connectivity index (χ3n) is 12.3. The maximum absolute atomic E-state index is 15.2. The van der Waals surface area contributed by atoms with Crippen LogP contribution in [-0.2, 0) is 16.2 Å². The van der Waals surface area contributed by atoms with Crippen LogP contribution in [0.5, 0.6) is 23.0 Å². The number of benzene rings is 4. The van der Waals surface area contributed by atoms with E-state index in [9.17, 15) is 14.4 Å². The van der Waals surface area contributed by atoms with Crippen molar-refractivity contribution in [1.82, 2.24) is 15.1 Å². The molecule has 4 unspecified atom stereocenters. The Kier molecular flexibility index (Phi) is 12.9. The molecule has 1 saturated carbocycles. The molecule has 0 radical (unpaired) electrons. The Hall–Kier alpha value is -5.52. The third-order valence-corrected chi connectivity index (χ3v) is 12.3. The summed E-state index contributed by atoms with van der Waals surface area (Å²) in [5.74, 6) is -2.36. The van der Waals surface area contributed by atoms with Gasteiger partial charge in [0, 0.05) is 35.7 Å². The number of hydrogen-bond donors (Lipinski definition) is 1. The number of carbonyl (C=O) groups excluding carboxylic acids is 3. The van der Waals surface area contributed by atoms with Crippen LogP contribution in [0, 0.1) is 17.6 Å². The van der Waals surface area contributed by atoms with Crippen molar-refractivity contribution in [2.45, 2.75) is 108 Å². The van der Waals surface area contributed by atoms with Gasteiger partial charge in [0.2, 0.25) is 11.8 Å². The number of ether oxygens (including phenoxy) is 3. The number of nitrogens with zero attached hydrogens (tertiary/aromatic N) is 2. The van der Waals surface area contributed by atoms with E-state index in [0.717, 1.165) is 41.0 Å². The van der Waals surface area contributed by atoms with Gasteiger partial charge in [-0.1, -0.05) is 93.5 Å². The SMILES string of the molecule is O=C(NC1c2ccccc2Oc2cc(OCC3CCCCCCCCC3)ccc21)C1CCCN1C(=O)C1CC(F)CN1C(=O)c1cc(F)c(OCc2ccccc2)c(F)c1. The summed E-state index contributed by atoms with van der Waals surface area (Å²) in [4.78, 5) is 44.6. The molecule has 3 aliphatic heterocycles. The molecule has 4 atom stereocenters. The van der Waals surface area contributed by atoms with Gasteiger partial charge in [0.25, 0.3) is 5.91 Å². The lowest BCUT2D eigenvalue weighted by Crippen LogP contribution is -2.53. The Balaban J connectivity index is 0.950. The number of halogens is 3. The number of hydrogen-bond acceptors (Lipinski definition) is 6. The first-order valence-corrected chi connectivity index (χ1v) is 21.5. The molecule has 316 valence electrons. The molecule has 4 aromatic rings. The number of carbonyl (C=O) groups is 3. The van der Waals surface area contributed by atoms with Gasteiger partial charge in [-0.3, -0.25) is 14.4 Å². The molecule has 0 spiro atoms. The van der Waals surface area contributed by atoms with Crippen molar-refractivity contribution in [3.05, 3.63) is 119 Å². The van der Waals surface area contributed by atoms with Gasteiger partial charge in [0.05, 0.1) is 19.2 Å². The summed E-state index contributed by atoms with van der Waals surface area (Å²) in [5, 5.41) is 3.18. The van der Waals surface area contributed by atoms with E-state index in [2.05, 4.69) is 5.32 Å². The summed E-state index contributed by atoms with van der Waals surface area (Å²) >= 11 is 0. The van der Waals surface area contributed by atoms with Crippen molar-refractivity contribution >= 4 is 17.7 Å². The minimum Gasteiger partial charge on any atom is -0.493 e. The molecule has 1 aliphatic carbocycles. The summed E-state index contributed by atoms with van der Waals surface area (Å²) in [7, 11) is 0. The number of rotatable bonds is 10. The van der Waals surface area contributed by atoms with E-state index in [1.54, 1.807) is 30.3 Å². The molecule has 3 fully saturated rings. The van der Waals surface area contributed by atoms with Crippen molar-refractivity contribution < 1.29 is 41.8 Å². The van der Waals surface area contributed by atoms with E-state index in [0.29, 0.717) is 48.2 Å². The first-order chi connectivity index (χ1) is 29.2. The van der Waals surface area contributed by atoms with Crippen LogP contribution in [0.3, 0.4) is 0 Å². The highest BCUT2D eigenvalue weighted by Gasteiger charge is 2.46. The topological polar surface area (TPSA) is 97.4 Å². The molecular weight excluding hydrogens is 772 g/mol. The highest BCUT2D eigenvalue weighted by atomic mass is 19.1. The van der Waals surface area contributed by atoms with Gasteiger partial charge in [-0.15, -0.1) is 0 Å². The lowest BCUT2D eigenvalue weighted by atomic mass is 9.93. The maximum Gasteiger partial charge on any atom is 0.254 e. The quantitative estimate of drug-likeness (QED) is 0.171. The summed E-state index contributed by atoms with van der Waals surface area (Å²) < 4.78 is 63.5. The second-order valence-corrected chi connectivity index (χ2v) is 16.5. The highest BCUT2D eigenvalue weighted by molar-refractivity contribution is 5.99. The van der Waals surface area contributed by atoms with Crippen LogP contribution in [0.25, 0.3) is 0 Å². The van der Waals surface area contributed by atoms with Crippen molar-refractivity contribution in [3.63, 3.8) is 0 Å². The Morgan fingerprint density at radius 3 is 2.15 bits per heavy atom. The Morgan fingerprint density at radius 1 is 0.717 bits per heavy atom. The number of alkyl halides is 1. The number of para-hydroxylation sites is 1. The van der Waals surface area contributed by atoms with Gasteiger partial charge in [0.1, 0.15) is 42.1 Å². The van der Waals surface area contributed by atoms with Crippen LogP contribution >= 0.6 is 0 Å². The lowest BCUT2D eigenvalue weighted by molar-refractivity contribution is -0.141. The molecule has 0 bridgehead atoms. The zero-order valence-corrected chi connectivity index (χ0v) is 33.8. The molecule has 3 heterocycles. The fraction of sp³-hybridized carbons (Fsp3) is 0.438. The molecular formula is C48H52F3N3O6. The van der Waals surface area contributed by atoms with E-state index in [-0.39, 0.29) is 25.1 Å². The summed E-state index contributed by atoms with van der Waals surface area (Å²) in [5.41, 5.74) is 1.82. The summed E-state index contributed by atoms with van der Waals surface area (Å²) in [6, 6.07) is 20.9. The van der Waals surface area contributed by atoms with Gasteiger partial charge >= 0.3 is 0 Å². The zero-order chi connectivity index (χ0) is 41.6. The molecule has 2 saturated heterocycles. The van der Waals surface area contributed by atoms with E-state index < -0.39 is 65.9 Å². The highest BCUT2D eigenvalue weighted by Crippen LogP contribution is 2.44. The van der Waals surface area contributed by atoms with Crippen molar-refractivity contribution in [3.8, 4) is 23.0 Å². The molecule has 8 rings (SSSR count). The second kappa shape index (κ2) is 18.8. The van der Waals surface area contributed by atoms with Gasteiger partial charge in [-0.2, -0.15) is 0 Å². The predicted molar refractivity (Wildman–Crippen MR) is 220 cm³/mol. The number of amides is 3. The summed E-state index contributed by atoms with van der Waals surface area (Å²) in [6.07, 6.45) is 10.3. The Labute approximate surface area is 349 Å². The van der Waals surface area contributed by atoms with E-state index >= 15 is 13.2 Å². The number of fused-ring (bicyclic) bond motifs is 2. The van der Waals surface area contributed by atoms with Crippen LogP contribution in [0.2, 0.25) is 0 Å². The van der Waals surface area contributed by atoms with E-state index in [4.69, 9.17) is 14.2 Å². The van der Waals surface area contributed by atoms with Gasteiger partial charge in [-0.05, 0) is 67.5 Å². The smallest absolute Gasteiger partial charge is 0.254 e. The predicted octanol–water partition coefficient (Wildman–Crippen LogP) is 9.62. The van der Waals surface area contributed by atoms with Gasteiger partial charge in [-0.25, -0.2) is 13.2 Å². The molecule has 4 aromatic carbocycles. The first kappa shape index (κ1) is 41.2. The molecule has 1 N–H and O–H groups in total. The molecule has 60 heavy (non-hydrogen) atoms. The van der Waals surface area contributed by atoms with Crippen LogP contribution in [0.4, 0.5) is 13.2 Å². The fourth-order valence-corrected chi connectivity index (χ4v) is 9.15.